The van der Waals surface area contributed by atoms with Crippen molar-refractivity contribution in [2.75, 3.05) is 6.61 Å². The summed E-state index contributed by atoms with van der Waals surface area (Å²) in [6, 6.07) is 7.34. The number of aliphatic hydroxyl groups is 1. The molecule has 0 bridgehead atoms. The molecule has 0 saturated heterocycles. The molecule has 3 rings (SSSR count). The van der Waals surface area contributed by atoms with Gasteiger partial charge in [-0.1, -0.05) is 42.7 Å². The predicted octanol–water partition coefficient (Wildman–Crippen LogP) is 2.61. The third-order valence-electron chi connectivity index (χ3n) is 5.29. The first-order valence-corrected chi connectivity index (χ1v) is 10.4. The van der Waals surface area contributed by atoms with Crippen LogP contribution in [0.2, 0.25) is 0 Å². The van der Waals surface area contributed by atoms with E-state index < -0.39 is 9.84 Å². The third kappa shape index (κ3) is 3.73. The van der Waals surface area contributed by atoms with Crippen LogP contribution in [0.3, 0.4) is 0 Å². The van der Waals surface area contributed by atoms with Crippen LogP contribution < -0.4 is 5.32 Å². The van der Waals surface area contributed by atoms with E-state index in [1.807, 2.05) is 25.1 Å². The Kier molecular flexibility index (Phi) is 5.42. The summed E-state index contributed by atoms with van der Waals surface area (Å²) in [5, 5.41) is 12.4. The van der Waals surface area contributed by atoms with Crippen molar-refractivity contribution in [3.05, 3.63) is 42.0 Å². The molecule has 2 aliphatic rings. The highest BCUT2D eigenvalue weighted by molar-refractivity contribution is 7.92. The Morgan fingerprint density at radius 3 is 2.50 bits per heavy atom. The summed E-state index contributed by atoms with van der Waals surface area (Å²) in [5.41, 5.74) is 1.07. The molecule has 0 spiro atoms. The van der Waals surface area contributed by atoms with Crippen LogP contribution in [-0.4, -0.2) is 37.5 Å². The van der Waals surface area contributed by atoms with Crippen LogP contribution in [0.15, 0.2) is 41.3 Å². The Labute approximate surface area is 144 Å². The first kappa shape index (κ1) is 17.6. The van der Waals surface area contributed by atoms with Crippen LogP contribution in [0.4, 0.5) is 0 Å². The Hall–Kier alpha value is -1.17. The number of aryl methyl sites for hydroxylation is 1. The van der Waals surface area contributed by atoms with Crippen LogP contribution in [0.25, 0.3) is 0 Å². The minimum atomic E-state index is -3.32. The fourth-order valence-corrected chi connectivity index (χ4v) is 5.86. The molecule has 24 heavy (non-hydrogen) atoms. The molecule has 1 aromatic carbocycles. The van der Waals surface area contributed by atoms with E-state index in [-0.39, 0.29) is 29.9 Å². The zero-order chi connectivity index (χ0) is 17.2. The molecule has 1 fully saturated rings. The summed E-state index contributed by atoms with van der Waals surface area (Å²) in [6.07, 6.45) is 8.60. The highest BCUT2D eigenvalue weighted by atomic mass is 32.2. The summed E-state index contributed by atoms with van der Waals surface area (Å²) in [7, 11) is -3.32. The van der Waals surface area contributed by atoms with Crippen molar-refractivity contribution in [3.63, 3.8) is 0 Å². The third-order valence-corrected chi connectivity index (χ3v) is 7.58. The summed E-state index contributed by atoms with van der Waals surface area (Å²) in [6.45, 7) is 2.12. The van der Waals surface area contributed by atoms with E-state index in [2.05, 4.69) is 11.4 Å². The van der Waals surface area contributed by atoms with Gasteiger partial charge in [0, 0.05) is 24.6 Å². The minimum absolute atomic E-state index is 0.0165. The van der Waals surface area contributed by atoms with Gasteiger partial charge in [0.2, 0.25) is 0 Å². The van der Waals surface area contributed by atoms with Gasteiger partial charge in [-0.3, -0.25) is 0 Å². The highest BCUT2D eigenvalue weighted by Gasteiger charge is 2.37. The fraction of sp³-hybridized carbons (Fsp3) is 0.579. The maximum atomic E-state index is 13.1. The normalized spacial score (nSPS) is 30.6. The topological polar surface area (TPSA) is 66.4 Å². The molecular formula is C19H27NO3S. The summed E-state index contributed by atoms with van der Waals surface area (Å²) in [4.78, 5) is 0.432. The first-order valence-electron chi connectivity index (χ1n) is 8.86. The summed E-state index contributed by atoms with van der Waals surface area (Å²) in [5.74, 6) is 0.193. The smallest absolute Gasteiger partial charge is 0.182 e. The zero-order valence-corrected chi connectivity index (χ0v) is 15.0. The van der Waals surface area contributed by atoms with E-state index in [0.717, 1.165) is 31.2 Å². The van der Waals surface area contributed by atoms with E-state index >= 15 is 0 Å². The van der Waals surface area contributed by atoms with Crippen LogP contribution in [-0.2, 0) is 9.84 Å². The van der Waals surface area contributed by atoms with Gasteiger partial charge >= 0.3 is 0 Å². The van der Waals surface area contributed by atoms with Crippen molar-refractivity contribution in [1.82, 2.24) is 5.32 Å². The van der Waals surface area contributed by atoms with Gasteiger partial charge in [-0.15, -0.1) is 0 Å². The van der Waals surface area contributed by atoms with Gasteiger partial charge in [-0.25, -0.2) is 8.42 Å². The average molecular weight is 349 g/mol. The van der Waals surface area contributed by atoms with Crippen molar-refractivity contribution in [3.8, 4) is 0 Å². The monoisotopic (exact) mass is 349 g/mol. The molecule has 2 aliphatic carbocycles. The molecule has 2 N–H and O–H groups in total. The quantitative estimate of drug-likeness (QED) is 0.802. The lowest BCUT2D eigenvalue weighted by atomic mass is 9.94. The van der Waals surface area contributed by atoms with Crippen molar-refractivity contribution in [1.29, 1.82) is 0 Å². The lowest BCUT2D eigenvalue weighted by Crippen LogP contribution is -2.49. The highest BCUT2D eigenvalue weighted by Crippen LogP contribution is 2.30. The van der Waals surface area contributed by atoms with Gasteiger partial charge < -0.3 is 10.4 Å². The van der Waals surface area contributed by atoms with Gasteiger partial charge in [0.1, 0.15) is 0 Å². The second-order valence-corrected chi connectivity index (χ2v) is 9.29. The van der Waals surface area contributed by atoms with Gasteiger partial charge in [-0.05, 0) is 38.3 Å². The zero-order valence-electron chi connectivity index (χ0n) is 14.2. The van der Waals surface area contributed by atoms with Crippen LogP contribution in [0.1, 0.15) is 37.7 Å². The molecule has 1 saturated carbocycles. The van der Waals surface area contributed by atoms with E-state index in [9.17, 15) is 13.5 Å². The van der Waals surface area contributed by atoms with Crippen LogP contribution in [0, 0.1) is 12.8 Å². The standard InChI is InChI=1S/C19H27NO3S/c1-14-6-10-17(11-7-14)24(22,23)19-5-3-2-4-18(19)20-16-9-8-15(12-16)13-21/h6-11,15-16,18-21H,2-5,12-13H2,1H3/t15-,16+,18-,19-/m0/s1. The Balaban J connectivity index is 1.76. The summed E-state index contributed by atoms with van der Waals surface area (Å²) >= 11 is 0. The molecule has 0 amide bonds. The second-order valence-electron chi connectivity index (χ2n) is 7.12. The molecule has 0 radical (unpaired) electrons. The molecule has 0 aliphatic heterocycles. The number of hydrogen-bond acceptors (Lipinski definition) is 4. The van der Waals surface area contributed by atoms with Gasteiger partial charge in [-0.2, -0.15) is 0 Å². The number of rotatable bonds is 5. The van der Waals surface area contributed by atoms with Crippen molar-refractivity contribution in [2.45, 2.75) is 61.3 Å². The molecular weight excluding hydrogens is 322 g/mol. The van der Waals surface area contributed by atoms with Crippen LogP contribution in [0.5, 0.6) is 0 Å². The maximum Gasteiger partial charge on any atom is 0.182 e. The second kappa shape index (κ2) is 7.38. The number of benzene rings is 1. The minimum Gasteiger partial charge on any atom is -0.396 e. The van der Waals surface area contributed by atoms with Crippen molar-refractivity contribution in [2.24, 2.45) is 5.92 Å². The predicted molar refractivity (Wildman–Crippen MR) is 95.7 cm³/mol. The number of hydrogen-bond donors (Lipinski definition) is 2. The summed E-state index contributed by atoms with van der Waals surface area (Å²) < 4.78 is 26.2. The Morgan fingerprint density at radius 2 is 1.83 bits per heavy atom. The van der Waals surface area contributed by atoms with E-state index in [1.54, 1.807) is 12.1 Å². The lowest BCUT2D eigenvalue weighted by Gasteiger charge is -2.34. The number of sulfone groups is 1. The number of nitrogens with one attached hydrogen (secondary N) is 1. The van der Waals surface area contributed by atoms with Gasteiger partial charge in [0.15, 0.2) is 9.84 Å². The maximum absolute atomic E-state index is 13.1. The Bertz CT molecular complexity index is 681. The van der Waals surface area contributed by atoms with Gasteiger partial charge in [0.05, 0.1) is 10.1 Å². The molecule has 1 aromatic rings. The molecule has 0 unspecified atom stereocenters. The fourth-order valence-electron chi connectivity index (χ4n) is 3.87. The van der Waals surface area contributed by atoms with Crippen molar-refractivity contribution < 1.29 is 13.5 Å². The largest absolute Gasteiger partial charge is 0.396 e. The van der Waals surface area contributed by atoms with Crippen LogP contribution >= 0.6 is 0 Å². The Morgan fingerprint density at radius 1 is 1.12 bits per heavy atom. The molecule has 132 valence electrons. The molecule has 0 aromatic heterocycles. The van der Waals surface area contributed by atoms with E-state index in [4.69, 9.17) is 0 Å². The van der Waals surface area contributed by atoms with E-state index in [1.165, 1.54) is 0 Å². The van der Waals surface area contributed by atoms with Crippen molar-refractivity contribution >= 4 is 9.84 Å². The SMILES string of the molecule is Cc1ccc(S(=O)(=O)[C@H]2CCCC[C@@H]2N[C@@H]2C=C[C@H](CO)C2)cc1. The molecule has 5 heteroatoms. The molecule has 4 atom stereocenters. The average Bonchev–Trinajstić information content (AvgIpc) is 3.03. The first-order chi connectivity index (χ1) is 11.5. The van der Waals surface area contributed by atoms with Gasteiger partial charge in [0.25, 0.3) is 0 Å². The number of aliphatic hydroxyl groups excluding tert-OH is 1. The molecule has 0 heterocycles. The van der Waals surface area contributed by atoms with E-state index in [0.29, 0.717) is 11.3 Å². The lowest BCUT2D eigenvalue weighted by molar-refractivity contribution is 0.242. The molecule has 4 nitrogen and oxygen atoms in total.